The van der Waals surface area contributed by atoms with Gasteiger partial charge in [-0.15, -0.1) is 0 Å². The van der Waals surface area contributed by atoms with Crippen molar-refractivity contribution < 1.29 is 9.90 Å². The minimum Gasteiger partial charge on any atom is -0.478 e. The van der Waals surface area contributed by atoms with Crippen molar-refractivity contribution in [3.05, 3.63) is 59.9 Å². The van der Waals surface area contributed by atoms with Crippen molar-refractivity contribution in [3.63, 3.8) is 0 Å². The second-order valence-corrected chi connectivity index (χ2v) is 4.55. The normalized spacial score (nSPS) is 10.8. The summed E-state index contributed by atoms with van der Waals surface area (Å²) in [6.45, 7) is 2.04. The number of aromatic carboxylic acids is 1. The van der Waals surface area contributed by atoms with E-state index < -0.39 is 5.97 Å². The summed E-state index contributed by atoms with van der Waals surface area (Å²) >= 11 is 0. The summed E-state index contributed by atoms with van der Waals surface area (Å²) in [6, 6.07) is 13.2. The minimum atomic E-state index is -0.956. The van der Waals surface area contributed by atoms with Crippen LogP contribution in [0.15, 0.2) is 48.7 Å². The fraction of sp³-hybridized carbons (Fsp3) is 0.125. The van der Waals surface area contributed by atoms with Gasteiger partial charge in [0.05, 0.1) is 11.4 Å². The molecular formula is C16H14N2O2. The van der Waals surface area contributed by atoms with E-state index in [1.165, 1.54) is 0 Å². The van der Waals surface area contributed by atoms with Crippen molar-refractivity contribution in [1.29, 1.82) is 0 Å². The lowest BCUT2D eigenvalue weighted by Gasteiger charge is -2.02. The Morgan fingerprint density at radius 2 is 1.95 bits per heavy atom. The van der Waals surface area contributed by atoms with Gasteiger partial charge >= 0.3 is 5.97 Å². The fourth-order valence-corrected chi connectivity index (χ4v) is 2.45. The maximum Gasteiger partial charge on any atom is 0.339 e. The van der Waals surface area contributed by atoms with Crippen LogP contribution in [-0.4, -0.2) is 20.5 Å². The van der Waals surface area contributed by atoms with E-state index in [2.05, 4.69) is 4.98 Å². The third kappa shape index (κ3) is 1.86. The number of pyridine rings is 1. The van der Waals surface area contributed by atoms with Crippen LogP contribution in [0.3, 0.4) is 0 Å². The molecule has 4 heteroatoms. The Kier molecular flexibility index (Phi) is 2.99. The summed E-state index contributed by atoms with van der Waals surface area (Å²) in [5.74, 6) is -0.956. The van der Waals surface area contributed by atoms with E-state index in [4.69, 9.17) is 0 Å². The number of aromatic nitrogens is 2. The van der Waals surface area contributed by atoms with E-state index in [-0.39, 0.29) is 5.56 Å². The molecule has 2 heterocycles. The van der Waals surface area contributed by atoms with Crippen LogP contribution in [0.1, 0.15) is 23.0 Å². The van der Waals surface area contributed by atoms with Crippen molar-refractivity contribution >= 4 is 11.6 Å². The number of hydrogen-bond acceptors (Lipinski definition) is 2. The number of rotatable bonds is 3. The third-order valence-corrected chi connectivity index (χ3v) is 3.36. The standard InChI is InChI=1S/C16H14N2O2/c1-2-13-14(11-7-4-3-5-8-11)17-15-12(16(19)20)9-6-10-18(13)15/h3-10H,2H2,1H3,(H,19,20). The second-order valence-electron chi connectivity index (χ2n) is 4.55. The lowest BCUT2D eigenvalue weighted by Crippen LogP contribution is -2.01. The first kappa shape index (κ1) is 12.4. The molecule has 0 fully saturated rings. The Balaban J connectivity index is 2.34. The van der Waals surface area contributed by atoms with Gasteiger partial charge in [-0.1, -0.05) is 37.3 Å². The van der Waals surface area contributed by atoms with Crippen molar-refractivity contribution in [2.24, 2.45) is 0 Å². The zero-order valence-electron chi connectivity index (χ0n) is 11.1. The van der Waals surface area contributed by atoms with E-state index in [9.17, 15) is 9.90 Å². The van der Waals surface area contributed by atoms with E-state index >= 15 is 0 Å². The zero-order chi connectivity index (χ0) is 14.1. The van der Waals surface area contributed by atoms with Crippen LogP contribution in [0.5, 0.6) is 0 Å². The molecule has 0 saturated carbocycles. The van der Waals surface area contributed by atoms with E-state index in [0.717, 1.165) is 23.4 Å². The summed E-state index contributed by atoms with van der Waals surface area (Å²) in [7, 11) is 0. The fourth-order valence-electron chi connectivity index (χ4n) is 2.45. The number of carboxylic acids is 1. The predicted molar refractivity (Wildman–Crippen MR) is 77.0 cm³/mol. The van der Waals surface area contributed by atoms with Gasteiger partial charge in [0.1, 0.15) is 5.56 Å². The first-order valence-corrected chi connectivity index (χ1v) is 6.51. The molecule has 100 valence electrons. The third-order valence-electron chi connectivity index (χ3n) is 3.36. The van der Waals surface area contributed by atoms with Gasteiger partial charge in [-0.25, -0.2) is 9.78 Å². The van der Waals surface area contributed by atoms with Crippen LogP contribution < -0.4 is 0 Å². The number of hydrogen-bond donors (Lipinski definition) is 1. The highest BCUT2D eigenvalue weighted by Gasteiger charge is 2.17. The number of nitrogens with zero attached hydrogens (tertiary/aromatic N) is 2. The lowest BCUT2D eigenvalue weighted by molar-refractivity contribution is 0.0698. The quantitative estimate of drug-likeness (QED) is 0.791. The van der Waals surface area contributed by atoms with E-state index in [0.29, 0.717) is 5.65 Å². The maximum atomic E-state index is 11.3. The van der Waals surface area contributed by atoms with Gasteiger partial charge in [-0.05, 0) is 18.6 Å². The maximum absolute atomic E-state index is 11.3. The average Bonchev–Trinajstić information content (AvgIpc) is 2.86. The first-order chi connectivity index (χ1) is 9.72. The number of imidazole rings is 1. The largest absolute Gasteiger partial charge is 0.478 e. The molecule has 1 aromatic carbocycles. The smallest absolute Gasteiger partial charge is 0.339 e. The molecule has 0 spiro atoms. The van der Waals surface area contributed by atoms with Gasteiger partial charge in [0.25, 0.3) is 0 Å². The Morgan fingerprint density at radius 1 is 1.20 bits per heavy atom. The van der Waals surface area contributed by atoms with Gasteiger partial charge < -0.3 is 9.51 Å². The van der Waals surface area contributed by atoms with Gasteiger partial charge in [-0.2, -0.15) is 0 Å². The molecule has 0 radical (unpaired) electrons. The highest BCUT2D eigenvalue weighted by Crippen LogP contribution is 2.26. The molecule has 0 saturated heterocycles. The molecule has 0 amide bonds. The van der Waals surface area contributed by atoms with Crippen molar-refractivity contribution in [2.75, 3.05) is 0 Å². The van der Waals surface area contributed by atoms with Crippen LogP contribution >= 0.6 is 0 Å². The molecule has 0 aliphatic heterocycles. The lowest BCUT2D eigenvalue weighted by atomic mass is 10.1. The number of aryl methyl sites for hydroxylation is 1. The molecule has 4 nitrogen and oxygen atoms in total. The van der Waals surface area contributed by atoms with Crippen LogP contribution in [-0.2, 0) is 6.42 Å². The molecule has 3 rings (SSSR count). The summed E-state index contributed by atoms with van der Waals surface area (Å²) in [5, 5.41) is 9.27. The molecule has 0 bridgehead atoms. The van der Waals surface area contributed by atoms with Gasteiger partial charge in [-0.3, -0.25) is 0 Å². The average molecular weight is 266 g/mol. The first-order valence-electron chi connectivity index (χ1n) is 6.51. The van der Waals surface area contributed by atoms with Crippen LogP contribution in [0.2, 0.25) is 0 Å². The molecule has 2 aromatic heterocycles. The van der Waals surface area contributed by atoms with Gasteiger partial charge in [0.2, 0.25) is 0 Å². The van der Waals surface area contributed by atoms with E-state index in [1.54, 1.807) is 12.1 Å². The molecular weight excluding hydrogens is 252 g/mol. The Bertz CT molecular complexity index is 776. The van der Waals surface area contributed by atoms with E-state index in [1.807, 2.05) is 47.9 Å². The molecule has 3 aromatic rings. The van der Waals surface area contributed by atoms with Gasteiger partial charge in [0.15, 0.2) is 5.65 Å². The van der Waals surface area contributed by atoms with Gasteiger partial charge in [0, 0.05) is 11.8 Å². The van der Waals surface area contributed by atoms with Crippen molar-refractivity contribution in [2.45, 2.75) is 13.3 Å². The zero-order valence-corrected chi connectivity index (χ0v) is 11.1. The van der Waals surface area contributed by atoms with Crippen LogP contribution in [0, 0.1) is 0 Å². The molecule has 20 heavy (non-hydrogen) atoms. The molecule has 0 atom stereocenters. The highest BCUT2D eigenvalue weighted by atomic mass is 16.4. The summed E-state index contributed by atoms with van der Waals surface area (Å²) < 4.78 is 1.87. The number of carboxylic acid groups (broad SMARTS) is 1. The van der Waals surface area contributed by atoms with Crippen molar-refractivity contribution in [3.8, 4) is 11.3 Å². The molecule has 1 N–H and O–H groups in total. The molecule has 0 aliphatic rings. The second kappa shape index (κ2) is 4.81. The summed E-state index contributed by atoms with van der Waals surface area (Å²) in [5.41, 5.74) is 3.60. The van der Waals surface area contributed by atoms with Crippen molar-refractivity contribution in [1.82, 2.24) is 9.38 Å². The minimum absolute atomic E-state index is 0.226. The Labute approximate surface area is 116 Å². The van der Waals surface area contributed by atoms with Crippen LogP contribution in [0.25, 0.3) is 16.9 Å². The topological polar surface area (TPSA) is 54.6 Å². The monoisotopic (exact) mass is 266 g/mol. The summed E-state index contributed by atoms with van der Waals surface area (Å²) in [6.07, 6.45) is 2.65. The Hall–Kier alpha value is -2.62. The highest BCUT2D eigenvalue weighted by molar-refractivity contribution is 5.95. The molecule has 0 unspecified atom stereocenters. The predicted octanol–water partition coefficient (Wildman–Crippen LogP) is 3.26. The molecule has 0 aliphatic carbocycles. The summed E-state index contributed by atoms with van der Waals surface area (Å²) in [4.78, 5) is 15.9. The number of benzene rings is 1. The number of carbonyl (C=O) groups is 1. The SMILES string of the molecule is CCc1c(-c2ccccc2)nc2c(C(=O)O)cccn12. The number of fused-ring (bicyclic) bond motifs is 1. The Morgan fingerprint density at radius 3 is 2.60 bits per heavy atom. The van der Waals surface area contributed by atoms with Crippen LogP contribution in [0.4, 0.5) is 0 Å².